The highest BCUT2D eigenvalue weighted by atomic mass is 16.5. The van der Waals surface area contributed by atoms with E-state index in [4.69, 9.17) is 10.5 Å². The summed E-state index contributed by atoms with van der Waals surface area (Å²) in [6, 6.07) is 6.29. The molecule has 0 bridgehead atoms. The first-order valence-electron chi connectivity index (χ1n) is 5.27. The maximum absolute atomic E-state index is 5.66. The lowest BCUT2D eigenvalue weighted by atomic mass is 10.0. The largest absolute Gasteiger partial charge is 0.493 e. The number of nitrogens with two attached hydrogens (primary N) is 1. The minimum absolute atomic E-state index is 0.674. The van der Waals surface area contributed by atoms with Gasteiger partial charge in [0.15, 0.2) is 0 Å². The van der Waals surface area contributed by atoms with Gasteiger partial charge in [0.2, 0.25) is 0 Å². The summed E-state index contributed by atoms with van der Waals surface area (Å²) in [5.41, 5.74) is 8.07. The first-order chi connectivity index (χ1) is 6.83. The molecule has 0 spiro atoms. The van der Waals surface area contributed by atoms with Gasteiger partial charge < -0.3 is 10.5 Å². The Morgan fingerprint density at radius 1 is 1.21 bits per heavy atom. The summed E-state index contributed by atoms with van der Waals surface area (Å²) in [4.78, 5) is 0. The van der Waals surface area contributed by atoms with Gasteiger partial charge in [-0.2, -0.15) is 0 Å². The van der Waals surface area contributed by atoms with Gasteiger partial charge in [0, 0.05) is 0 Å². The number of benzene rings is 1. The average molecular weight is 193 g/mol. The van der Waals surface area contributed by atoms with E-state index in [0.717, 1.165) is 18.6 Å². The van der Waals surface area contributed by atoms with Crippen LogP contribution in [0.3, 0.4) is 0 Å². The Hall–Kier alpha value is -1.02. The average Bonchev–Trinajstić information content (AvgIpc) is 2.21. The number of hydrogen-bond acceptors (Lipinski definition) is 2. The van der Waals surface area contributed by atoms with Gasteiger partial charge in [0.25, 0.3) is 0 Å². The topological polar surface area (TPSA) is 35.2 Å². The predicted octanol–water partition coefficient (Wildman–Crippen LogP) is 2.15. The van der Waals surface area contributed by atoms with Crippen LogP contribution in [0, 0.1) is 0 Å². The van der Waals surface area contributed by atoms with Gasteiger partial charge in [-0.3, -0.25) is 0 Å². The van der Waals surface area contributed by atoms with Crippen LogP contribution in [0.1, 0.15) is 25.0 Å². The Balaban J connectivity index is 3.00. The third-order valence-electron chi connectivity index (χ3n) is 2.26. The van der Waals surface area contributed by atoms with Crippen LogP contribution in [0.15, 0.2) is 18.2 Å². The lowest BCUT2D eigenvalue weighted by Gasteiger charge is -2.13. The third kappa shape index (κ3) is 2.48. The SMILES string of the molecule is CCOc1c(CC)cccc1CCN. The van der Waals surface area contributed by atoms with Crippen LogP contribution in [-0.2, 0) is 12.8 Å². The molecule has 1 aromatic carbocycles. The molecule has 0 unspecified atom stereocenters. The van der Waals surface area contributed by atoms with Crippen molar-refractivity contribution in [2.45, 2.75) is 26.7 Å². The summed E-state index contributed by atoms with van der Waals surface area (Å²) < 4.78 is 5.66. The molecule has 2 heteroatoms. The van der Waals surface area contributed by atoms with Crippen molar-refractivity contribution in [1.29, 1.82) is 0 Å². The van der Waals surface area contributed by atoms with Gasteiger partial charge in [-0.15, -0.1) is 0 Å². The first kappa shape index (κ1) is 11.1. The Kier molecular flexibility index (Phi) is 4.47. The molecule has 0 aromatic heterocycles. The van der Waals surface area contributed by atoms with Gasteiger partial charge in [0.05, 0.1) is 6.61 Å². The molecule has 78 valence electrons. The van der Waals surface area contributed by atoms with Crippen LogP contribution in [0.5, 0.6) is 5.75 Å². The maximum atomic E-state index is 5.66. The number of para-hydroxylation sites is 1. The van der Waals surface area contributed by atoms with E-state index in [1.807, 2.05) is 6.92 Å². The summed E-state index contributed by atoms with van der Waals surface area (Å²) in [5.74, 6) is 1.04. The summed E-state index contributed by atoms with van der Waals surface area (Å²) in [6.45, 7) is 5.55. The van der Waals surface area contributed by atoms with Gasteiger partial charge in [0.1, 0.15) is 5.75 Å². The fourth-order valence-electron chi connectivity index (χ4n) is 1.60. The molecule has 0 amide bonds. The zero-order valence-corrected chi connectivity index (χ0v) is 9.05. The number of hydrogen-bond donors (Lipinski definition) is 1. The molecule has 0 atom stereocenters. The fourth-order valence-corrected chi connectivity index (χ4v) is 1.60. The summed E-state index contributed by atoms with van der Waals surface area (Å²) >= 11 is 0. The van der Waals surface area contributed by atoms with Crippen molar-refractivity contribution in [3.63, 3.8) is 0 Å². The van der Waals surface area contributed by atoms with Crippen LogP contribution >= 0.6 is 0 Å². The Morgan fingerprint density at radius 2 is 1.93 bits per heavy atom. The molecule has 0 aliphatic rings. The molecule has 14 heavy (non-hydrogen) atoms. The van der Waals surface area contributed by atoms with Crippen molar-refractivity contribution in [1.82, 2.24) is 0 Å². The molecule has 0 fully saturated rings. The molecule has 2 N–H and O–H groups in total. The van der Waals surface area contributed by atoms with E-state index in [-0.39, 0.29) is 0 Å². The van der Waals surface area contributed by atoms with Crippen LogP contribution in [0.4, 0.5) is 0 Å². The Morgan fingerprint density at radius 3 is 2.50 bits per heavy atom. The van der Waals surface area contributed by atoms with Crippen LogP contribution in [-0.4, -0.2) is 13.2 Å². The first-order valence-corrected chi connectivity index (χ1v) is 5.27. The van der Waals surface area contributed by atoms with E-state index in [1.54, 1.807) is 0 Å². The minimum Gasteiger partial charge on any atom is -0.493 e. The number of aryl methyl sites for hydroxylation is 1. The van der Waals surface area contributed by atoms with E-state index >= 15 is 0 Å². The fraction of sp³-hybridized carbons (Fsp3) is 0.500. The zero-order valence-electron chi connectivity index (χ0n) is 9.05. The quantitative estimate of drug-likeness (QED) is 0.777. The summed E-state index contributed by atoms with van der Waals surface area (Å²) in [7, 11) is 0. The van der Waals surface area contributed by atoms with E-state index in [9.17, 15) is 0 Å². The van der Waals surface area contributed by atoms with E-state index in [2.05, 4.69) is 25.1 Å². The molecule has 0 heterocycles. The molecule has 0 radical (unpaired) electrons. The zero-order chi connectivity index (χ0) is 10.4. The second-order valence-electron chi connectivity index (χ2n) is 3.23. The van der Waals surface area contributed by atoms with Crippen molar-refractivity contribution in [2.75, 3.05) is 13.2 Å². The molecule has 0 aliphatic heterocycles. The van der Waals surface area contributed by atoms with Gasteiger partial charge in [-0.25, -0.2) is 0 Å². The molecular weight excluding hydrogens is 174 g/mol. The van der Waals surface area contributed by atoms with Crippen molar-refractivity contribution in [3.05, 3.63) is 29.3 Å². The van der Waals surface area contributed by atoms with Crippen molar-refractivity contribution < 1.29 is 4.74 Å². The highest BCUT2D eigenvalue weighted by Crippen LogP contribution is 2.24. The normalized spacial score (nSPS) is 10.2. The van der Waals surface area contributed by atoms with Gasteiger partial charge in [-0.05, 0) is 37.4 Å². The lowest BCUT2D eigenvalue weighted by Crippen LogP contribution is -2.06. The second-order valence-corrected chi connectivity index (χ2v) is 3.23. The predicted molar refractivity (Wildman–Crippen MR) is 59.7 cm³/mol. The Bertz CT molecular complexity index is 284. The molecule has 0 saturated carbocycles. The third-order valence-corrected chi connectivity index (χ3v) is 2.26. The molecule has 0 saturated heterocycles. The highest BCUT2D eigenvalue weighted by molar-refractivity contribution is 5.41. The molecular formula is C12H19NO. The molecule has 2 nitrogen and oxygen atoms in total. The van der Waals surface area contributed by atoms with Crippen molar-refractivity contribution >= 4 is 0 Å². The van der Waals surface area contributed by atoms with Crippen LogP contribution in [0.2, 0.25) is 0 Å². The Labute approximate surface area is 86.1 Å². The van der Waals surface area contributed by atoms with Crippen molar-refractivity contribution in [2.24, 2.45) is 5.73 Å². The molecule has 1 aromatic rings. The highest BCUT2D eigenvalue weighted by Gasteiger charge is 2.06. The van der Waals surface area contributed by atoms with E-state index < -0.39 is 0 Å². The summed E-state index contributed by atoms with van der Waals surface area (Å²) in [6.07, 6.45) is 1.90. The number of ether oxygens (including phenoxy) is 1. The second kappa shape index (κ2) is 5.66. The van der Waals surface area contributed by atoms with E-state index in [1.165, 1.54) is 11.1 Å². The maximum Gasteiger partial charge on any atom is 0.125 e. The molecule has 1 rings (SSSR count). The van der Waals surface area contributed by atoms with Crippen LogP contribution in [0.25, 0.3) is 0 Å². The monoisotopic (exact) mass is 193 g/mol. The van der Waals surface area contributed by atoms with Gasteiger partial charge >= 0.3 is 0 Å². The van der Waals surface area contributed by atoms with E-state index in [0.29, 0.717) is 13.2 Å². The molecule has 0 aliphatic carbocycles. The lowest BCUT2D eigenvalue weighted by molar-refractivity contribution is 0.333. The standard InChI is InChI=1S/C12H19NO/c1-3-10-6-5-7-11(8-9-13)12(10)14-4-2/h5-7H,3-4,8-9,13H2,1-2H3. The van der Waals surface area contributed by atoms with Crippen LogP contribution < -0.4 is 10.5 Å². The smallest absolute Gasteiger partial charge is 0.125 e. The van der Waals surface area contributed by atoms with Crippen molar-refractivity contribution in [3.8, 4) is 5.75 Å². The summed E-state index contributed by atoms with van der Waals surface area (Å²) in [5, 5.41) is 0. The number of rotatable bonds is 5. The van der Waals surface area contributed by atoms with Gasteiger partial charge in [-0.1, -0.05) is 25.1 Å². The minimum atomic E-state index is 0.674.